The quantitative estimate of drug-likeness (QED) is 0.190. The lowest BCUT2D eigenvalue weighted by molar-refractivity contribution is -0.671. The summed E-state index contributed by atoms with van der Waals surface area (Å²) in [5.74, 6) is 0. The number of nitrogens with zero attached hydrogens (tertiary/aromatic N) is 7. The highest BCUT2D eigenvalue weighted by atomic mass is 32.1. The monoisotopic (exact) mass is 506 g/mol. The third-order valence-corrected chi connectivity index (χ3v) is 6.79. The third-order valence-electron chi connectivity index (χ3n) is 5.71. The number of thiophene rings is 1. The molecule has 0 aliphatic rings. The molecule has 3 rings (SSSR count). The molecule has 0 saturated carbocycles. The van der Waals surface area contributed by atoms with Crippen molar-refractivity contribution >= 4 is 27.7 Å². The second-order valence-electron chi connectivity index (χ2n) is 8.25. The van der Waals surface area contributed by atoms with Gasteiger partial charge in [0.2, 0.25) is 6.33 Å². The molecule has 0 amide bonds. The molecular formula is C26H32N7O2S+. The average molecular weight is 507 g/mol. The van der Waals surface area contributed by atoms with Crippen molar-refractivity contribution in [3.63, 3.8) is 0 Å². The van der Waals surface area contributed by atoms with E-state index >= 15 is 0 Å². The van der Waals surface area contributed by atoms with Crippen LogP contribution in [0.4, 0.5) is 16.4 Å². The first-order chi connectivity index (χ1) is 17.5. The van der Waals surface area contributed by atoms with Gasteiger partial charge >= 0.3 is 0 Å². The van der Waals surface area contributed by atoms with Crippen molar-refractivity contribution in [3.05, 3.63) is 58.5 Å². The van der Waals surface area contributed by atoms with E-state index in [1.807, 2.05) is 49.4 Å². The van der Waals surface area contributed by atoms with Crippen molar-refractivity contribution in [1.82, 2.24) is 4.57 Å². The zero-order valence-electron chi connectivity index (χ0n) is 21.3. The zero-order chi connectivity index (χ0) is 25.9. The number of likely N-dealkylation sites (N-methyl/N-ethyl adjacent to an activating group) is 1. The van der Waals surface area contributed by atoms with Crippen LogP contribution in [-0.2, 0) is 23.1 Å². The van der Waals surface area contributed by atoms with Crippen molar-refractivity contribution in [1.29, 1.82) is 10.5 Å². The van der Waals surface area contributed by atoms with Crippen LogP contribution in [-0.4, -0.2) is 44.1 Å². The predicted octanol–water partition coefficient (Wildman–Crippen LogP) is 4.71. The number of hydrogen-bond acceptors (Lipinski definition) is 8. The lowest BCUT2D eigenvalue weighted by Crippen LogP contribution is -2.27. The second kappa shape index (κ2) is 13.5. The number of anilines is 1. The number of imidazole rings is 1. The van der Waals surface area contributed by atoms with Gasteiger partial charge < -0.3 is 14.4 Å². The Kier molecular flexibility index (Phi) is 10.1. The van der Waals surface area contributed by atoms with Crippen LogP contribution in [0.25, 0.3) is 0 Å². The van der Waals surface area contributed by atoms with Gasteiger partial charge in [0.25, 0.3) is 0 Å². The summed E-state index contributed by atoms with van der Waals surface area (Å²) in [4.78, 5) is 2.74. The van der Waals surface area contributed by atoms with Gasteiger partial charge in [-0.15, -0.1) is 21.6 Å². The van der Waals surface area contributed by atoms with Crippen LogP contribution in [0.5, 0.6) is 0 Å². The third kappa shape index (κ3) is 7.22. The Morgan fingerprint density at radius 3 is 2.50 bits per heavy atom. The van der Waals surface area contributed by atoms with E-state index in [-0.39, 0.29) is 0 Å². The lowest BCUT2D eigenvalue weighted by Gasteiger charge is -2.23. The summed E-state index contributed by atoms with van der Waals surface area (Å²) in [5, 5.41) is 27.7. The standard InChI is InChI=1S/C26H32N7O2S/c1-5-33(11-13-35-15-14-34-12-10-32-9-8-31(4)19-32)22-6-7-24(20(2)16-22)29-30-26-23(17-27)21(3)25(18-28)36-26/h6-9,16,19H,5,10-15H2,1-4H3/q+1. The van der Waals surface area contributed by atoms with Crippen LogP contribution in [0.3, 0.4) is 0 Å². The molecule has 0 unspecified atom stereocenters. The molecule has 36 heavy (non-hydrogen) atoms. The molecule has 0 aliphatic heterocycles. The number of hydrogen-bond donors (Lipinski definition) is 0. The molecule has 0 spiro atoms. The van der Waals surface area contributed by atoms with Gasteiger partial charge in [0.05, 0.1) is 44.7 Å². The Labute approximate surface area is 216 Å². The van der Waals surface area contributed by atoms with Gasteiger partial charge in [-0.1, -0.05) is 0 Å². The van der Waals surface area contributed by atoms with Gasteiger partial charge in [0.1, 0.15) is 36.0 Å². The largest absolute Gasteiger partial charge is 0.377 e. The molecule has 2 aromatic heterocycles. The second-order valence-corrected chi connectivity index (χ2v) is 9.25. The van der Waals surface area contributed by atoms with Crippen molar-refractivity contribution in [2.45, 2.75) is 27.3 Å². The van der Waals surface area contributed by atoms with Gasteiger partial charge in [-0.3, -0.25) is 0 Å². The highest BCUT2D eigenvalue weighted by Crippen LogP contribution is 2.36. The van der Waals surface area contributed by atoms with Crippen LogP contribution >= 0.6 is 11.3 Å². The minimum absolute atomic E-state index is 0.409. The number of nitriles is 2. The van der Waals surface area contributed by atoms with E-state index in [0.717, 1.165) is 36.6 Å². The minimum atomic E-state index is 0.409. The molecule has 0 radical (unpaired) electrons. The van der Waals surface area contributed by atoms with E-state index in [9.17, 15) is 10.5 Å². The highest BCUT2D eigenvalue weighted by molar-refractivity contribution is 7.16. The molecular weight excluding hydrogens is 474 g/mol. The van der Waals surface area contributed by atoms with E-state index in [2.05, 4.69) is 44.8 Å². The molecule has 0 fully saturated rings. The van der Waals surface area contributed by atoms with Gasteiger partial charge in [0, 0.05) is 18.8 Å². The van der Waals surface area contributed by atoms with Gasteiger partial charge in [-0.2, -0.15) is 10.5 Å². The minimum Gasteiger partial charge on any atom is -0.377 e. The number of benzene rings is 1. The fourth-order valence-electron chi connectivity index (χ4n) is 3.63. The van der Waals surface area contributed by atoms with Crippen molar-refractivity contribution in [2.75, 3.05) is 44.4 Å². The van der Waals surface area contributed by atoms with Crippen molar-refractivity contribution < 1.29 is 14.0 Å². The normalized spacial score (nSPS) is 11.1. The van der Waals surface area contributed by atoms with E-state index in [1.54, 1.807) is 6.92 Å². The van der Waals surface area contributed by atoms with Gasteiger partial charge in [0.15, 0.2) is 5.00 Å². The molecule has 2 heterocycles. The predicted molar refractivity (Wildman–Crippen MR) is 139 cm³/mol. The first-order valence-electron chi connectivity index (χ1n) is 11.8. The first kappa shape index (κ1) is 27.0. The van der Waals surface area contributed by atoms with E-state index in [4.69, 9.17) is 9.47 Å². The molecule has 0 saturated heterocycles. The molecule has 10 heteroatoms. The van der Waals surface area contributed by atoms with Crippen LogP contribution in [0.15, 0.2) is 47.1 Å². The molecule has 9 nitrogen and oxygen atoms in total. The Hall–Kier alpha value is -3.57. The SMILES string of the molecule is CCN(CCOCCOCCn1cc[n+](C)c1)c1ccc(N=Nc2sc(C#N)c(C)c2C#N)c(C)c1. The zero-order valence-corrected chi connectivity index (χ0v) is 22.1. The maximum absolute atomic E-state index is 9.39. The Balaban J connectivity index is 1.46. The number of azo groups is 1. The highest BCUT2D eigenvalue weighted by Gasteiger charge is 2.14. The molecule has 0 N–H and O–H groups in total. The van der Waals surface area contributed by atoms with Crippen LogP contribution < -0.4 is 9.47 Å². The summed E-state index contributed by atoms with van der Waals surface area (Å²) in [5.41, 5.74) is 3.86. The maximum Gasteiger partial charge on any atom is 0.243 e. The maximum atomic E-state index is 9.39. The smallest absolute Gasteiger partial charge is 0.243 e. The van der Waals surface area contributed by atoms with Crippen LogP contribution in [0.2, 0.25) is 0 Å². The molecule has 3 aromatic rings. The Morgan fingerprint density at radius 2 is 1.86 bits per heavy atom. The summed E-state index contributed by atoms with van der Waals surface area (Å²) in [6, 6.07) is 10.2. The van der Waals surface area contributed by atoms with Gasteiger partial charge in [-0.05, 0) is 50.1 Å². The average Bonchev–Trinajstić information content (AvgIpc) is 3.43. The molecule has 1 aromatic carbocycles. The fourth-order valence-corrected chi connectivity index (χ4v) is 4.50. The summed E-state index contributed by atoms with van der Waals surface area (Å²) < 4.78 is 15.5. The van der Waals surface area contributed by atoms with Crippen LogP contribution in [0, 0.1) is 36.5 Å². The fraction of sp³-hybridized carbons (Fsp3) is 0.423. The summed E-state index contributed by atoms with van der Waals surface area (Å²) in [6.45, 7) is 10.7. The van der Waals surface area contributed by atoms with E-state index < -0.39 is 0 Å². The number of aryl methyl sites for hydroxylation is 2. The summed E-state index contributed by atoms with van der Waals surface area (Å²) >= 11 is 1.19. The number of rotatable bonds is 13. The summed E-state index contributed by atoms with van der Waals surface area (Å²) in [6.07, 6.45) is 6.05. The molecule has 0 bridgehead atoms. The lowest BCUT2D eigenvalue weighted by atomic mass is 10.1. The van der Waals surface area contributed by atoms with Crippen molar-refractivity contribution in [2.24, 2.45) is 17.3 Å². The Morgan fingerprint density at radius 1 is 1.08 bits per heavy atom. The first-order valence-corrected chi connectivity index (χ1v) is 12.7. The molecule has 0 atom stereocenters. The Bertz CT molecular complexity index is 1270. The van der Waals surface area contributed by atoms with Crippen molar-refractivity contribution in [3.8, 4) is 12.1 Å². The summed E-state index contributed by atoms with van der Waals surface area (Å²) in [7, 11) is 2.00. The number of ether oxygens (including phenoxy) is 2. The van der Waals surface area contributed by atoms with Gasteiger partial charge in [-0.25, -0.2) is 9.13 Å². The van der Waals surface area contributed by atoms with E-state index in [1.165, 1.54) is 11.3 Å². The topological polar surface area (TPSA) is 103 Å². The van der Waals surface area contributed by atoms with Crippen LogP contribution in [0.1, 0.15) is 28.5 Å². The number of aromatic nitrogens is 2. The van der Waals surface area contributed by atoms with E-state index in [0.29, 0.717) is 47.4 Å². The molecule has 188 valence electrons. The molecule has 0 aliphatic carbocycles.